The zero-order chi connectivity index (χ0) is 21.1. The van der Waals surface area contributed by atoms with Crippen LogP contribution in [-0.4, -0.2) is 55.6 Å². The molecule has 0 heterocycles. The Kier molecular flexibility index (Phi) is 9.79. The zero-order valence-electron chi connectivity index (χ0n) is 16.5. The summed E-state index contributed by atoms with van der Waals surface area (Å²) in [6.45, 7) is -0.0597. The van der Waals surface area contributed by atoms with E-state index in [1.165, 1.54) is 7.11 Å². The molecule has 0 aliphatic carbocycles. The fourth-order valence-electron chi connectivity index (χ4n) is 2.76. The normalized spacial score (nSPS) is 12.8. The Labute approximate surface area is 175 Å². The predicted molar refractivity (Wildman–Crippen MR) is 113 cm³/mol. The van der Waals surface area contributed by atoms with E-state index in [2.05, 4.69) is 5.32 Å². The summed E-state index contributed by atoms with van der Waals surface area (Å²) in [4.78, 5) is 13.6. The second-order valence-corrected chi connectivity index (χ2v) is 6.99. The van der Waals surface area contributed by atoms with E-state index < -0.39 is 18.3 Å². The van der Waals surface area contributed by atoms with Crippen LogP contribution in [0.3, 0.4) is 0 Å². The van der Waals surface area contributed by atoms with Gasteiger partial charge in [-0.05, 0) is 48.2 Å². The Balaban J connectivity index is 2.17. The molecule has 2 aromatic carbocycles. The maximum Gasteiger partial charge on any atom is 0.412 e. The largest absolute Gasteiger partial charge is 0.491 e. The molecule has 7 nitrogen and oxygen atoms in total. The number of rotatable bonds is 11. The highest BCUT2D eigenvalue weighted by atomic mass is 32.2. The lowest BCUT2D eigenvalue weighted by molar-refractivity contribution is -0.0306. The van der Waals surface area contributed by atoms with Gasteiger partial charge in [0.05, 0.1) is 6.61 Å². The number of carbonyl (C=O) groups is 1. The Hall–Kier alpha value is -2.26. The summed E-state index contributed by atoms with van der Waals surface area (Å²) in [5.74, 6) is 0.539. The first-order chi connectivity index (χ1) is 14.1. The van der Waals surface area contributed by atoms with Gasteiger partial charge in [0.15, 0.2) is 6.10 Å². The number of hydrogen-bond donors (Lipinski definition) is 3. The van der Waals surface area contributed by atoms with Crippen LogP contribution in [0.25, 0.3) is 0 Å². The van der Waals surface area contributed by atoms with Gasteiger partial charge in [0.25, 0.3) is 0 Å². The van der Waals surface area contributed by atoms with Gasteiger partial charge in [-0.1, -0.05) is 12.1 Å². The van der Waals surface area contributed by atoms with Crippen molar-refractivity contribution in [3.05, 3.63) is 54.1 Å². The van der Waals surface area contributed by atoms with E-state index in [1.54, 1.807) is 48.2 Å². The van der Waals surface area contributed by atoms with Crippen LogP contribution in [0.2, 0.25) is 0 Å². The topological polar surface area (TPSA) is 97.2 Å². The molecule has 29 heavy (non-hydrogen) atoms. The molecule has 0 radical (unpaired) electrons. The van der Waals surface area contributed by atoms with Crippen molar-refractivity contribution in [2.75, 3.05) is 38.5 Å². The molecule has 8 heteroatoms. The lowest BCUT2D eigenvalue weighted by Crippen LogP contribution is -2.29. The number of ether oxygens (including phenoxy) is 3. The molecule has 0 aliphatic heterocycles. The van der Waals surface area contributed by atoms with E-state index in [9.17, 15) is 9.90 Å². The van der Waals surface area contributed by atoms with E-state index in [0.717, 1.165) is 4.90 Å². The smallest absolute Gasteiger partial charge is 0.412 e. The minimum Gasteiger partial charge on any atom is -0.491 e. The van der Waals surface area contributed by atoms with Crippen LogP contribution in [0.1, 0.15) is 18.1 Å². The second kappa shape index (κ2) is 12.3. The number of thioether (sulfide) groups is 1. The predicted octanol–water partition coefficient (Wildman–Crippen LogP) is 3.47. The Bertz CT molecular complexity index is 755. The molecular weight excluding hydrogens is 394 g/mol. The van der Waals surface area contributed by atoms with Gasteiger partial charge in [0.2, 0.25) is 0 Å². The molecule has 0 unspecified atom stereocenters. The molecule has 0 spiro atoms. The third kappa shape index (κ3) is 7.25. The van der Waals surface area contributed by atoms with Crippen molar-refractivity contribution in [2.24, 2.45) is 0 Å². The molecule has 0 fully saturated rings. The van der Waals surface area contributed by atoms with Gasteiger partial charge >= 0.3 is 6.09 Å². The van der Waals surface area contributed by atoms with Crippen molar-refractivity contribution >= 4 is 23.5 Å². The standard InChI is InChI=1S/C21H27NO6S/c1-26-19(10-11-23)20(15-4-3-5-17(14-15)27-13-12-24)28-21(25)22-16-6-8-18(29-2)9-7-16/h3-9,14,19-20,23-24H,10-13H2,1-2H3,(H,22,25)/t19-,20-/m1/s1. The molecule has 0 aromatic heterocycles. The van der Waals surface area contributed by atoms with Crippen LogP contribution in [-0.2, 0) is 9.47 Å². The SMILES string of the molecule is CO[C@H](CCO)[C@H](OC(=O)Nc1ccc(SC)cc1)c1cccc(OCCO)c1. The molecule has 0 saturated heterocycles. The fraction of sp³-hybridized carbons (Fsp3) is 0.381. The molecule has 2 aromatic rings. The zero-order valence-corrected chi connectivity index (χ0v) is 17.4. The Morgan fingerprint density at radius 1 is 1.14 bits per heavy atom. The van der Waals surface area contributed by atoms with E-state index in [0.29, 0.717) is 23.4 Å². The van der Waals surface area contributed by atoms with Gasteiger partial charge in [0, 0.05) is 30.7 Å². The molecular formula is C21H27NO6S. The van der Waals surface area contributed by atoms with Crippen molar-refractivity contribution < 1.29 is 29.2 Å². The first-order valence-electron chi connectivity index (χ1n) is 9.20. The lowest BCUT2D eigenvalue weighted by atomic mass is 10.0. The summed E-state index contributed by atoms with van der Waals surface area (Å²) in [5, 5.41) is 21.0. The lowest BCUT2D eigenvalue weighted by Gasteiger charge is -2.26. The first kappa shape index (κ1) is 23.0. The van der Waals surface area contributed by atoms with Crippen molar-refractivity contribution in [3.63, 3.8) is 0 Å². The van der Waals surface area contributed by atoms with Gasteiger partial charge in [-0.15, -0.1) is 11.8 Å². The van der Waals surface area contributed by atoms with Crippen molar-refractivity contribution in [1.29, 1.82) is 0 Å². The van der Waals surface area contributed by atoms with Crippen LogP contribution in [0.4, 0.5) is 10.5 Å². The third-order valence-corrected chi connectivity index (χ3v) is 4.91. The van der Waals surface area contributed by atoms with Crippen LogP contribution in [0.5, 0.6) is 5.75 Å². The van der Waals surface area contributed by atoms with E-state index in [4.69, 9.17) is 19.3 Å². The Morgan fingerprint density at radius 3 is 2.52 bits per heavy atom. The van der Waals surface area contributed by atoms with Crippen molar-refractivity contribution in [2.45, 2.75) is 23.5 Å². The highest BCUT2D eigenvalue weighted by Crippen LogP contribution is 2.29. The molecule has 3 N–H and O–H groups in total. The monoisotopic (exact) mass is 421 g/mol. The fourth-order valence-corrected chi connectivity index (χ4v) is 3.17. The molecule has 158 valence electrons. The maximum absolute atomic E-state index is 12.5. The minimum absolute atomic E-state index is 0.104. The van der Waals surface area contributed by atoms with Gasteiger partial charge in [-0.25, -0.2) is 4.79 Å². The van der Waals surface area contributed by atoms with Crippen LogP contribution < -0.4 is 10.1 Å². The van der Waals surface area contributed by atoms with Gasteiger partial charge in [-0.3, -0.25) is 5.32 Å². The molecule has 0 aliphatic rings. The molecule has 0 saturated carbocycles. The number of benzene rings is 2. The maximum atomic E-state index is 12.5. The van der Waals surface area contributed by atoms with Crippen LogP contribution in [0, 0.1) is 0 Å². The molecule has 1 amide bonds. The number of nitrogens with one attached hydrogen (secondary N) is 1. The summed E-state index contributed by atoms with van der Waals surface area (Å²) < 4.78 is 16.6. The summed E-state index contributed by atoms with van der Waals surface area (Å²) in [5.41, 5.74) is 1.27. The van der Waals surface area contributed by atoms with Crippen LogP contribution >= 0.6 is 11.8 Å². The number of carbonyl (C=O) groups excluding carboxylic acids is 1. The first-order valence-corrected chi connectivity index (χ1v) is 10.4. The van der Waals surface area contributed by atoms with E-state index in [-0.39, 0.29) is 19.8 Å². The van der Waals surface area contributed by atoms with Gasteiger partial charge < -0.3 is 24.4 Å². The minimum atomic E-state index is -0.754. The number of anilines is 1. The molecule has 2 rings (SSSR count). The summed E-state index contributed by atoms with van der Waals surface area (Å²) in [6, 6.07) is 14.4. The highest BCUT2D eigenvalue weighted by Gasteiger charge is 2.27. The number of methoxy groups -OCH3 is 1. The number of aliphatic hydroxyl groups is 2. The van der Waals surface area contributed by atoms with Gasteiger partial charge in [-0.2, -0.15) is 0 Å². The highest BCUT2D eigenvalue weighted by molar-refractivity contribution is 7.98. The average molecular weight is 422 g/mol. The number of aliphatic hydroxyl groups excluding tert-OH is 2. The van der Waals surface area contributed by atoms with E-state index in [1.807, 2.05) is 18.4 Å². The number of hydrogen-bond acceptors (Lipinski definition) is 7. The second-order valence-electron chi connectivity index (χ2n) is 6.11. The third-order valence-electron chi connectivity index (χ3n) is 4.17. The summed E-state index contributed by atoms with van der Waals surface area (Å²) in [7, 11) is 1.50. The number of amides is 1. The van der Waals surface area contributed by atoms with Crippen molar-refractivity contribution in [1.82, 2.24) is 0 Å². The van der Waals surface area contributed by atoms with Crippen molar-refractivity contribution in [3.8, 4) is 5.75 Å². The Morgan fingerprint density at radius 2 is 1.90 bits per heavy atom. The molecule has 0 bridgehead atoms. The average Bonchev–Trinajstić information content (AvgIpc) is 2.75. The van der Waals surface area contributed by atoms with E-state index >= 15 is 0 Å². The summed E-state index contributed by atoms with van der Waals surface area (Å²) >= 11 is 1.61. The van der Waals surface area contributed by atoms with Crippen LogP contribution in [0.15, 0.2) is 53.4 Å². The summed E-state index contributed by atoms with van der Waals surface area (Å²) in [6.07, 6.45) is 0.339. The quantitative estimate of drug-likeness (QED) is 0.478. The van der Waals surface area contributed by atoms with Gasteiger partial charge in [0.1, 0.15) is 18.5 Å². The molecule has 2 atom stereocenters.